The van der Waals surface area contributed by atoms with Gasteiger partial charge in [-0.15, -0.1) is 0 Å². The van der Waals surface area contributed by atoms with Crippen LogP contribution in [-0.4, -0.2) is 31.6 Å². The highest BCUT2D eigenvalue weighted by Gasteiger charge is 2.19. The summed E-state index contributed by atoms with van der Waals surface area (Å²) >= 11 is 3.37. The van der Waals surface area contributed by atoms with Gasteiger partial charge >= 0.3 is 0 Å². The molecule has 0 bridgehead atoms. The maximum Gasteiger partial charge on any atom is 0.242 e. The fourth-order valence-electron chi connectivity index (χ4n) is 1.68. The normalized spacial score (nSPS) is 12.0. The molecule has 0 spiro atoms. The Kier molecular flexibility index (Phi) is 6.32. The molecular weight excluding hydrogens is 314 g/mol. The largest absolute Gasteiger partial charge is 0.242 e. The number of aryl methyl sites for hydroxylation is 1. The van der Waals surface area contributed by atoms with E-state index < -0.39 is 10.0 Å². The zero-order chi connectivity index (χ0) is 13.6. The fraction of sp³-hybridized carbons (Fsp3) is 0.538. The molecule has 0 aliphatic carbocycles. The van der Waals surface area contributed by atoms with Gasteiger partial charge in [0.05, 0.1) is 4.90 Å². The third kappa shape index (κ3) is 4.37. The van der Waals surface area contributed by atoms with Crippen LogP contribution in [-0.2, 0) is 10.0 Å². The lowest BCUT2D eigenvalue weighted by atomic mass is 10.2. The molecule has 0 radical (unpaired) electrons. The van der Waals surface area contributed by atoms with E-state index in [0.717, 1.165) is 30.2 Å². The van der Waals surface area contributed by atoms with E-state index in [9.17, 15) is 8.42 Å². The first-order valence-corrected chi connectivity index (χ1v) is 8.63. The van der Waals surface area contributed by atoms with Gasteiger partial charge < -0.3 is 0 Å². The predicted molar refractivity (Wildman–Crippen MR) is 78.6 cm³/mol. The second-order valence-corrected chi connectivity index (χ2v) is 7.23. The van der Waals surface area contributed by atoms with Crippen molar-refractivity contribution in [2.45, 2.75) is 31.1 Å². The van der Waals surface area contributed by atoms with E-state index >= 15 is 0 Å². The van der Waals surface area contributed by atoms with Crippen molar-refractivity contribution in [3.63, 3.8) is 0 Å². The molecule has 0 heterocycles. The van der Waals surface area contributed by atoms with Gasteiger partial charge in [-0.1, -0.05) is 34.5 Å². The summed E-state index contributed by atoms with van der Waals surface area (Å²) in [5, 5.41) is 0.974. The van der Waals surface area contributed by atoms with E-state index in [1.165, 1.54) is 4.31 Å². The Bertz CT molecular complexity index is 474. The summed E-state index contributed by atoms with van der Waals surface area (Å²) in [4.78, 5) is 0.380. The molecule has 1 aromatic carbocycles. The zero-order valence-corrected chi connectivity index (χ0v) is 13.3. The van der Waals surface area contributed by atoms with Crippen molar-refractivity contribution in [1.29, 1.82) is 0 Å². The molecule has 0 aliphatic heterocycles. The number of hydrogen-bond acceptors (Lipinski definition) is 2. The Hall–Kier alpha value is -0.390. The number of benzene rings is 1. The van der Waals surface area contributed by atoms with Gasteiger partial charge in [0.25, 0.3) is 0 Å². The van der Waals surface area contributed by atoms with Crippen LogP contribution in [0.1, 0.15) is 24.8 Å². The summed E-state index contributed by atoms with van der Waals surface area (Å²) in [5.41, 5.74) is 0.962. The lowest BCUT2D eigenvalue weighted by Gasteiger charge is -2.17. The molecule has 1 aromatic rings. The SMILES string of the molecule is Cc1cccc(S(=O)(=O)N(C)CCCCCBr)c1. The van der Waals surface area contributed by atoms with Crippen LogP contribution < -0.4 is 0 Å². The average molecular weight is 334 g/mol. The average Bonchev–Trinajstić information content (AvgIpc) is 2.34. The van der Waals surface area contributed by atoms with Gasteiger partial charge in [0.2, 0.25) is 10.0 Å². The van der Waals surface area contributed by atoms with Crippen LogP contribution in [0.2, 0.25) is 0 Å². The molecule has 0 aromatic heterocycles. The minimum absolute atomic E-state index is 0.380. The Morgan fingerprint density at radius 2 is 1.94 bits per heavy atom. The van der Waals surface area contributed by atoms with Crippen LogP contribution in [0.4, 0.5) is 0 Å². The Morgan fingerprint density at radius 1 is 1.22 bits per heavy atom. The van der Waals surface area contributed by atoms with Crippen LogP contribution in [0, 0.1) is 6.92 Å². The molecule has 0 unspecified atom stereocenters. The summed E-state index contributed by atoms with van der Waals surface area (Å²) < 4.78 is 26.0. The predicted octanol–water partition coefficient (Wildman–Crippen LogP) is 3.18. The van der Waals surface area contributed by atoms with Crippen molar-refractivity contribution in [1.82, 2.24) is 4.31 Å². The van der Waals surface area contributed by atoms with Crippen LogP contribution in [0.15, 0.2) is 29.2 Å². The number of alkyl halides is 1. The van der Waals surface area contributed by atoms with E-state index in [2.05, 4.69) is 15.9 Å². The highest BCUT2D eigenvalue weighted by atomic mass is 79.9. The van der Waals surface area contributed by atoms with Crippen molar-refractivity contribution < 1.29 is 8.42 Å². The smallest absolute Gasteiger partial charge is 0.207 e. The summed E-state index contributed by atoms with van der Waals surface area (Å²) in [6.07, 6.45) is 3.02. The van der Waals surface area contributed by atoms with Gasteiger partial charge in [-0.05, 0) is 37.5 Å². The second-order valence-electron chi connectivity index (χ2n) is 4.39. The standard InChI is InChI=1S/C13H20BrNO2S/c1-12-7-6-8-13(11-12)18(16,17)15(2)10-5-3-4-9-14/h6-8,11H,3-5,9-10H2,1-2H3. The molecule has 0 atom stereocenters. The minimum Gasteiger partial charge on any atom is -0.207 e. The summed E-state index contributed by atoms with van der Waals surface area (Å²) in [6, 6.07) is 7.04. The van der Waals surface area contributed by atoms with Crippen LogP contribution in [0.25, 0.3) is 0 Å². The lowest BCUT2D eigenvalue weighted by Crippen LogP contribution is -2.28. The molecule has 1 rings (SSSR count). The highest BCUT2D eigenvalue weighted by molar-refractivity contribution is 9.09. The molecule has 0 amide bonds. The van der Waals surface area contributed by atoms with Crippen molar-refractivity contribution in [2.75, 3.05) is 18.9 Å². The molecule has 102 valence electrons. The van der Waals surface area contributed by atoms with E-state index in [1.807, 2.05) is 13.0 Å². The van der Waals surface area contributed by atoms with Crippen molar-refractivity contribution >= 4 is 26.0 Å². The van der Waals surface area contributed by atoms with Crippen molar-refractivity contribution in [3.8, 4) is 0 Å². The van der Waals surface area contributed by atoms with E-state index in [0.29, 0.717) is 11.4 Å². The van der Waals surface area contributed by atoms with Crippen LogP contribution in [0.5, 0.6) is 0 Å². The fourth-order valence-corrected chi connectivity index (χ4v) is 3.39. The number of unbranched alkanes of at least 4 members (excludes halogenated alkanes) is 2. The van der Waals surface area contributed by atoms with Crippen LogP contribution in [0.3, 0.4) is 0 Å². The first-order valence-electron chi connectivity index (χ1n) is 6.07. The first kappa shape index (κ1) is 15.7. The first-order chi connectivity index (χ1) is 8.48. The molecule has 0 saturated heterocycles. The van der Waals surface area contributed by atoms with Crippen molar-refractivity contribution in [2.24, 2.45) is 0 Å². The minimum atomic E-state index is -3.33. The number of nitrogens with zero attached hydrogens (tertiary/aromatic N) is 1. The Labute approximate surface area is 118 Å². The summed E-state index contributed by atoms with van der Waals surface area (Å²) in [7, 11) is -1.68. The van der Waals surface area contributed by atoms with Gasteiger partial charge in [0.1, 0.15) is 0 Å². The molecule has 0 saturated carbocycles. The monoisotopic (exact) mass is 333 g/mol. The topological polar surface area (TPSA) is 37.4 Å². The van der Waals surface area contributed by atoms with Gasteiger partial charge in [0.15, 0.2) is 0 Å². The van der Waals surface area contributed by atoms with E-state index in [-0.39, 0.29) is 0 Å². The quantitative estimate of drug-likeness (QED) is 0.567. The third-order valence-electron chi connectivity index (χ3n) is 2.80. The Balaban J connectivity index is 2.68. The molecule has 0 aliphatic rings. The summed E-state index contributed by atoms with van der Waals surface area (Å²) in [5.74, 6) is 0. The molecule has 0 fully saturated rings. The maximum absolute atomic E-state index is 12.3. The maximum atomic E-state index is 12.3. The number of hydrogen-bond donors (Lipinski definition) is 0. The molecule has 18 heavy (non-hydrogen) atoms. The Morgan fingerprint density at radius 3 is 2.56 bits per heavy atom. The van der Waals surface area contributed by atoms with E-state index in [1.54, 1.807) is 25.2 Å². The number of sulfonamides is 1. The second kappa shape index (κ2) is 7.26. The van der Waals surface area contributed by atoms with Gasteiger partial charge in [-0.2, -0.15) is 0 Å². The molecule has 3 nitrogen and oxygen atoms in total. The zero-order valence-electron chi connectivity index (χ0n) is 10.9. The number of halogens is 1. The third-order valence-corrected chi connectivity index (χ3v) is 5.22. The van der Waals surface area contributed by atoms with Gasteiger partial charge in [0, 0.05) is 18.9 Å². The highest BCUT2D eigenvalue weighted by Crippen LogP contribution is 2.16. The van der Waals surface area contributed by atoms with Crippen molar-refractivity contribution in [3.05, 3.63) is 29.8 Å². The number of rotatable bonds is 7. The van der Waals surface area contributed by atoms with Gasteiger partial charge in [-0.3, -0.25) is 0 Å². The van der Waals surface area contributed by atoms with Gasteiger partial charge in [-0.25, -0.2) is 12.7 Å². The molecular formula is C13H20BrNO2S. The summed E-state index contributed by atoms with van der Waals surface area (Å²) in [6.45, 7) is 2.47. The molecule has 5 heteroatoms. The lowest BCUT2D eigenvalue weighted by molar-refractivity contribution is 0.454. The van der Waals surface area contributed by atoms with E-state index in [4.69, 9.17) is 0 Å². The molecule has 0 N–H and O–H groups in total. The van der Waals surface area contributed by atoms with Crippen LogP contribution >= 0.6 is 15.9 Å².